The number of carbonyl (C=O) groups excluding carboxylic acids is 1. The molecule has 0 bridgehead atoms. The summed E-state index contributed by atoms with van der Waals surface area (Å²) < 4.78 is 0. The van der Waals surface area contributed by atoms with Gasteiger partial charge in [0.15, 0.2) is 5.84 Å². The van der Waals surface area contributed by atoms with Crippen molar-refractivity contribution in [3.8, 4) is 6.07 Å². The maximum atomic E-state index is 12.2. The molecule has 104 valence electrons. The van der Waals surface area contributed by atoms with Gasteiger partial charge in [-0.25, -0.2) is 4.99 Å². The second-order valence-corrected chi connectivity index (χ2v) is 4.91. The molecule has 0 saturated heterocycles. The minimum atomic E-state index is -0.197. The summed E-state index contributed by atoms with van der Waals surface area (Å²) in [7, 11) is 0. The molecule has 1 aliphatic heterocycles. The molecule has 5 nitrogen and oxygen atoms in total. The lowest BCUT2D eigenvalue weighted by atomic mass is 10.1. The third-order valence-electron chi connectivity index (χ3n) is 3.05. The second-order valence-electron chi connectivity index (χ2n) is 4.51. The number of nitrogens with zero attached hydrogens (tertiary/aromatic N) is 2. The largest absolute Gasteiger partial charge is 0.336 e. The molecule has 0 aromatic heterocycles. The number of ketones is 1. The van der Waals surface area contributed by atoms with Crippen molar-refractivity contribution in [2.45, 2.75) is 25.8 Å². The van der Waals surface area contributed by atoms with E-state index in [1.807, 2.05) is 13.0 Å². The summed E-state index contributed by atoms with van der Waals surface area (Å²) in [6.45, 7) is 2.44. The van der Waals surface area contributed by atoms with Crippen molar-refractivity contribution in [2.75, 3.05) is 12.0 Å². The molecular formula is C14H15ClN4O. The summed E-state index contributed by atoms with van der Waals surface area (Å²) in [5.41, 5.74) is 1.05. The van der Waals surface area contributed by atoms with E-state index in [1.165, 1.54) is 0 Å². The van der Waals surface area contributed by atoms with E-state index >= 15 is 0 Å². The van der Waals surface area contributed by atoms with Gasteiger partial charge in [0.1, 0.15) is 0 Å². The van der Waals surface area contributed by atoms with E-state index < -0.39 is 0 Å². The van der Waals surface area contributed by atoms with Crippen LogP contribution in [0.15, 0.2) is 23.2 Å². The smallest absolute Gasteiger partial charge is 0.214 e. The number of hydrogen-bond acceptors (Lipinski definition) is 5. The number of rotatable bonds is 3. The highest BCUT2D eigenvalue weighted by atomic mass is 35.5. The van der Waals surface area contributed by atoms with Gasteiger partial charge in [-0.1, -0.05) is 24.9 Å². The Hall–Kier alpha value is -1.90. The van der Waals surface area contributed by atoms with Crippen LogP contribution in [0.4, 0.5) is 5.69 Å². The van der Waals surface area contributed by atoms with Crippen molar-refractivity contribution in [3.05, 3.63) is 28.8 Å². The van der Waals surface area contributed by atoms with E-state index in [9.17, 15) is 4.79 Å². The number of nitrogens with one attached hydrogen (secondary N) is 2. The minimum Gasteiger partial charge on any atom is -0.336 e. The van der Waals surface area contributed by atoms with E-state index in [4.69, 9.17) is 16.9 Å². The van der Waals surface area contributed by atoms with Crippen molar-refractivity contribution >= 4 is 28.9 Å². The van der Waals surface area contributed by atoms with Crippen LogP contribution in [0.1, 0.15) is 25.3 Å². The molecule has 1 heterocycles. The van der Waals surface area contributed by atoms with Crippen LogP contribution in [-0.2, 0) is 4.79 Å². The number of nitriles is 1. The SMILES string of the molecule is CCCC1NCN=C(Nc2ccc(C#N)cc2Cl)C1=O. The summed E-state index contributed by atoms with van der Waals surface area (Å²) in [5, 5.41) is 15.2. The number of halogens is 1. The molecule has 1 atom stereocenters. The molecule has 20 heavy (non-hydrogen) atoms. The standard InChI is InChI=1S/C14H15ClN4O/c1-2-3-12-13(20)14(18-8-17-12)19-11-5-4-9(7-16)6-10(11)15/h4-6,12,17H,2-3,8H2,1H3,(H,18,19). The lowest BCUT2D eigenvalue weighted by Gasteiger charge is -2.22. The average molecular weight is 291 g/mol. The average Bonchev–Trinajstić information content (AvgIpc) is 2.45. The molecule has 2 N–H and O–H groups in total. The first kappa shape index (κ1) is 14.5. The number of amidine groups is 1. The molecule has 0 spiro atoms. The van der Waals surface area contributed by atoms with Crippen LogP contribution in [0.3, 0.4) is 0 Å². The number of anilines is 1. The van der Waals surface area contributed by atoms with Gasteiger partial charge in [-0.3, -0.25) is 10.1 Å². The van der Waals surface area contributed by atoms with Crippen molar-refractivity contribution in [2.24, 2.45) is 4.99 Å². The first-order chi connectivity index (χ1) is 9.65. The molecule has 0 amide bonds. The van der Waals surface area contributed by atoms with Gasteiger partial charge in [0.05, 0.1) is 35.1 Å². The lowest BCUT2D eigenvalue weighted by Crippen LogP contribution is -2.47. The van der Waals surface area contributed by atoms with Crippen LogP contribution in [-0.4, -0.2) is 24.3 Å². The van der Waals surface area contributed by atoms with Gasteiger partial charge in [-0.15, -0.1) is 0 Å². The number of carbonyl (C=O) groups is 1. The third kappa shape index (κ3) is 3.16. The van der Waals surface area contributed by atoms with Gasteiger partial charge < -0.3 is 5.32 Å². The molecule has 0 radical (unpaired) electrons. The normalized spacial score (nSPS) is 18.4. The molecular weight excluding hydrogens is 276 g/mol. The zero-order valence-corrected chi connectivity index (χ0v) is 11.9. The van der Waals surface area contributed by atoms with E-state index in [0.29, 0.717) is 28.8 Å². The molecule has 1 aromatic rings. The Morgan fingerprint density at radius 2 is 2.40 bits per heavy atom. The van der Waals surface area contributed by atoms with Crippen molar-refractivity contribution in [3.63, 3.8) is 0 Å². The zero-order valence-electron chi connectivity index (χ0n) is 11.1. The van der Waals surface area contributed by atoms with Gasteiger partial charge in [0, 0.05) is 0 Å². The van der Waals surface area contributed by atoms with Gasteiger partial charge in [0.25, 0.3) is 0 Å². The van der Waals surface area contributed by atoms with E-state index in [2.05, 4.69) is 15.6 Å². The molecule has 2 rings (SSSR count). The Morgan fingerprint density at radius 3 is 3.05 bits per heavy atom. The quantitative estimate of drug-likeness (QED) is 0.895. The Bertz CT molecular complexity index is 591. The van der Waals surface area contributed by atoms with Crippen LogP contribution in [0.2, 0.25) is 5.02 Å². The monoisotopic (exact) mass is 290 g/mol. The Balaban J connectivity index is 2.16. The number of benzene rings is 1. The Morgan fingerprint density at radius 1 is 1.60 bits per heavy atom. The number of aliphatic imine (C=N–C) groups is 1. The Labute approximate surface area is 122 Å². The highest BCUT2D eigenvalue weighted by Gasteiger charge is 2.26. The maximum Gasteiger partial charge on any atom is 0.214 e. The van der Waals surface area contributed by atoms with Gasteiger partial charge >= 0.3 is 0 Å². The molecule has 6 heteroatoms. The fourth-order valence-corrected chi connectivity index (χ4v) is 2.23. The highest BCUT2D eigenvalue weighted by Crippen LogP contribution is 2.23. The van der Waals surface area contributed by atoms with Crippen LogP contribution in [0, 0.1) is 11.3 Å². The highest BCUT2D eigenvalue weighted by molar-refractivity contribution is 6.46. The molecule has 0 fully saturated rings. The van der Waals surface area contributed by atoms with Crippen LogP contribution < -0.4 is 10.6 Å². The lowest BCUT2D eigenvalue weighted by molar-refractivity contribution is -0.115. The summed E-state index contributed by atoms with van der Waals surface area (Å²) >= 11 is 6.08. The van der Waals surface area contributed by atoms with Crippen molar-refractivity contribution < 1.29 is 4.79 Å². The zero-order chi connectivity index (χ0) is 14.5. The van der Waals surface area contributed by atoms with E-state index in [-0.39, 0.29) is 11.8 Å². The van der Waals surface area contributed by atoms with Crippen molar-refractivity contribution in [1.29, 1.82) is 5.26 Å². The molecule has 1 aromatic carbocycles. The van der Waals surface area contributed by atoms with E-state index in [0.717, 1.165) is 12.8 Å². The summed E-state index contributed by atoms with van der Waals surface area (Å²) in [6.07, 6.45) is 1.70. The van der Waals surface area contributed by atoms with E-state index in [1.54, 1.807) is 18.2 Å². The van der Waals surface area contributed by atoms with Crippen LogP contribution >= 0.6 is 11.6 Å². The van der Waals surface area contributed by atoms with Crippen LogP contribution in [0.5, 0.6) is 0 Å². The molecule has 0 aliphatic carbocycles. The predicted molar refractivity (Wildman–Crippen MR) is 78.9 cm³/mol. The third-order valence-corrected chi connectivity index (χ3v) is 3.37. The summed E-state index contributed by atoms with van der Waals surface area (Å²) in [4.78, 5) is 16.3. The second kappa shape index (κ2) is 6.51. The van der Waals surface area contributed by atoms with Gasteiger partial charge in [-0.05, 0) is 24.6 Å². The van der Waals surface area contributed by atoms with Gasteiger partial charge in [-0.2, -0.15) is 5.26 Å². The minimum absolute atomic E-state index is 0.0569. The first-order valence-corrected chi connectivity index (χ1v) is 6.82. The fourth-order valence-electron chi connectivity index (χ4n) is 2.01. The van der Waals surface area contributed by atoms with Crippen molar-refractivity contribution in [1.82, 2.24) is 5.32 Å². The first-order valence-electron chi connectivity index (χ1n) is 6.44. The number of Topliss-reactive ketones (excluding diaryl/α,β-unsaturated/α-hetero) is 1. The van der Waals surface area contributed by atoms with Gasteiger partial charge in [0.2, 0.25) is 5.78 Å². The molecule has 1 unspecified atom stereocenters. The topological polar surface area (TPSA) is 77.3 Å². The number of hydrogen-bond donors (Lipinski definition) is 2. The Kier molecular flexibility index (Phi) is 4.72. The fraction of sp³-hybridized carbons (Fsp3) is 0.357. The predicted octanol–water partition coefficient (Wildman–Crippen LogP) is 2.32. The summed E-state index contributed by atoms with van der Waals surface area (Å²) in [6, 6.07) is 6.69. The molecule has 0 saturated carbocycles. The van der Waals surface area contributed by atoms with Crippen LogP contribution in [0.25, 0.3) is 0 Å². The molecule has 1 aliphatic rings. The summed E-state index contributed by atoms with van der Waals surface area (Å²) in [5.74, 6) is 0.257. The maximum absolute atomic E-state index is 12.2.